The topological polar surface area (TPSA) is 125 Å². The van der Waals surface area contributed by atoms with Crippen molar-refractivity contribution < 1.29 is 24.3 Å². The molecule has 0 aliphatic carbocycles. The molecule has 0 heterocycles. The highest BCUT2D eigenvalue weighted by Crippen LogP contribution is 2.37. The normalized spacial score (nSPS) is 11.7. The first-order valence-corrected chi connectivity index (χ1v) is 16.5. The maximum atomic E-state index is 13.5. The lowest BCUT2D eigenvalue weighted by atomic mass is 10.1. The van der Waals surface area contributed by atoms with Crippen LogP contribution in [-0.2, 0) is 9.59 Å². The molecule has 48 heavy (non-hydrogen) atoms. The molecule has 5 aromatic rings. The van der Waals surface area contributed by atoms with Crippen molar-refractivity contribution >= 4 is 80.4 Å². The number of carbonyl (C=O) groups is 4. The highest BCUT2D eigenvalue weighted by atomic mass is 79.9. The van der Waals surface area contributed by atoms with Crippen LogP contribution in [-0.4, -0.2) is 28.8 Å². The second-order valence-electron chi connectivity index (χ2n) is 10.3. The molecule has 240 valence electrons. The number of hydrogen-bond acceptors (Lipinski definition) is 5. The van der Waals surface area contributed by atoms with Gasteiger partial charge in [0.1, 0.15) is 10.9 Å². The number of carbonyl (C=O) groups excluding carboxylic acids is 3. The molecule has 11 heteroatoms. The quantitative estimate of drug-likeness (QED) is 0.0794. The number of amides is 3. The van der Waals surface area contributed by atoms with Gasteiger partial charge in [0.05, 0.1) is 10.6 Å². The van der Waals surface area contributed by atoms with Crippen LogP contribution in [0.2, 0.25) is 5.02 Å². The maximum absolute atomic E-state index is 13.5. The van der Waals surface area contributed by atoms with Crippen LogP contribution in [0.15, 0.2) is 142 Å². The van der Waals surface area contributed by atoms with Crippen LogP contribution in [0.4, 0.5) is 11.4 Å². The number of hydrogen-bond donors (Lipinski definition) is 4. The fourth-order valence-corrected chi connectivity index (χ4v) is 5.98. The summed E-state index contributed by atoms with van der Waals surface area (Å²) in [6.45, 7) is 0. The standard InChI is InChI=1S/C37H27BrClN3O5S/c38-26-13-11-23(12-14-26)21-32(42-34(43)25-9-5-2-6-10-25)35(44)40-27-15-18-29(19-16-27)48-33(24-7-3-1-4-8-24)36(45)41-28-17-20-31(39)30(22-28)37(46)47/h1-22,33H,(H,40,44)(H,41,45)(H,42,43)(H,46,47)/b32-21-. The summed E-state index contributed by atoms with van der Waals surface area (Å²) in [4.78, 5) is 52.2. The first-order chi connectivity index (χ1) is 23.2. The van der Waals surface area contributed by atoms with Crippen LogP contribution < -0.4 is 16.0 Å². The van der Waals surface area contributed by atoms with Crippen molar-refractivity contribution in [3.8, 4) is 0 Å². The van der Waals surface area contributed by atoms with E-state index in [0.29, 0.717) is 22.5 Å². The van der Waals surface area contributed by atoms with Gasteiger partial charge in [-0.05, 0) is 83.9 Å². The van der Waals surface area contributed by atoms with Crippen molar-refractivity contribution in [1.29, 1.82) is 0 Å². The average molecular weight is 741 g/mol. The van der Waals surface area contributed by atoms with Crippen molar-refractivity contribution in [2.75, 3.05) is 10.6 Å². The van der Waals surface area contributed by atoms with E-state index in [0.717, 1.165) is 14.9 Å². The van der Waals surface area contributed by atoms with E-state index in [1.807, 2.05) is 54.6 Å². The number of rotatable bonds is 11. The van der Waals surface area contributed by atoms with Gasteiger partial charge in [0.2, 0.25) is 5.91 Å². The Morgan fingerprint density at radius 3 is 2.02 bits per heavy atom. The van der Waals surface area contributed by atoms with Crippen LogP contribution >= 0.6 is 39.3 Å². The monoisotopic (exact) mass is 739 g/mol. The van der Waals surface area contributed by atoms with E-state index >= 15 is 0 Å². The Morgan fingerprint density at radius 1 is 0.750 bits per heavy atom. The Balaban J connectivity index is 1.33. The highest BCUT2D eigenvalue weighted by molar-refractivity contribution is 9.10. The number of carboxylic acids is 1. The van der Waals surface area contributed by atoms with Gasteiger partial charge in [-0.2, -0.15) is 0 Å². The number of benzene rings is 5. The zero-order chi connectivity index (χ0) is 34.0. The first-order valence-electron chi connectivity index (χ1n) is 14.5. The fourth-order valence-electron chi connectivity index (χ4n) is 4.49. The second-order valence-corrected chi connectivity index (χ2v) is 12.8. The van der Waals surface area contributed by atoms with E-state index in [9.17, 15) is 24.3 Å². The van der Waals surface area contributed by atoms with Crippen LogP contribution in [0, 0.1) is 0 Å². The Hall–Kier alpha value is -5.16. The Bertz CT molecular complexity index is 1970. The first kappa shape index (κ1) is 34.2. The van der Waals surface area contributed by atoms with E-state index in [1.54, 1.807) is 66.7 Å². The summed E-state index contributed by atoms with van der Waals surface area (Å²) in [5.41, 5.74) is 2.57. The lowest BCUT2D eigenvalue weighted by Crippen LogP contribution is -2.30. The van der Waals surface area contributed by atoms with Gasteiger partial charge in [-0.25, -0.2) is 4.79 Å². The number of anilines is 2. The molecule has 5 aromatic carbocycles. The third-order valence-corrected chi connectivity index (χ3v) is 9.01. The van der Waals surface area contributed by atoms with Gasteiger partial charge in [-0.1, -0.05) is 88.2 Å². The summed E-state index contributed by atoms with van der Waals surface area (Å²) in [6, 6.07) is 36.3. The Morgan fingerprint density at radius 2 is 1.38 bits per heavy atom. The van der Waals surface area contributed by atoms with Gasteiger partial charge in [-0.15, -0.1) is 11.8 Å². The summed E-state index contributed by atoms with van der Waals surface area (Å²) in [5, 5.41) is 17.2. The van der Waals surface area contributed by atoms with Crippen LogP contribution in [0.25, 0.3) is 6.08 Å². The molecule has 1 atom stereocenters. The van der Waals surface area contributed by atoms with Crippen molar-refractivity contribution in [2.45, 2.75) is 10.1 Å². The zero-order valence-electron chi connectivity index (χ0n) is 25.0. The van der Waals surface area contributed by atoms with Crippen LogP contribution in [0.5, 0.6) is 0 Å². The predicted molar refractivity (Wildman–Crippen MR) is 193 cm³/mol. The molecule has 0 spiro atoms. The van der Waals surface area contributed by atoms with E-state index in [1.165, 1.54) is 23.9 Å². The van der Waals surface area contributed by atoms with E-state index in [4.69, 9.17) is 11.6 Å². The van der Waals surface area contributed by atoms with Gasteiger partial charge in [0.25, 0.3) is 11.8 Å². The van der Waals surface area contributed by atoms with Gasteiger partial charge >= 0.3 is 5.97 Å². The summed E-state index contributed by atoms with van der Waals surface area (Å²) in [6.07, 6.45) is 1.59. The molecule has 4 N–H and O–H groups in total. The SMILES string of the molecule is O=C(Nc1ccc(SC(C(=O)Nc2ccc(Cl)c(C(=O)O)c2)c2ccccc2)cc1)/C(=C/c1ccc(Br)cc1)NC(=O)c1ccccc1. The predicted octanol–water partition coefficient (Wildman–Crippen LogP) is 8.68. The minimum absolute atomic E-state index is 0.0543. The number of carboxylic acid groups (broad SMARTS) is 1. The number of aromatic carboxylic acids is 1. The van der Waals surface area contributed by atoms with E-state index in [-0.39, 0.29) is 22.2 Å². The molecular formula is C37H27BrClN3O5S. The molecule has 8 nitrogen and oxygen atoms in total. The van der Waals surface area contributed by atoms with Gasteiger partial charge < -0.3 is 21.1 Å². The Labute approximate surface area is 294 Å². The highest BCUT2D eigenvalue weighted by Gasteiger charge is 2.23. The summed E-state index contributed by atoms with van der Waals surface area (Å²) < 4.78 is 0.876. The second kappa shape index (κ2) is 16.1. The van der Waals surface area contributed by atoms with Crippen molar-refractivity contribution in [3.63, 3.8) is 0 Å². The molecule has 0 fully saturated rings. The molecule has 0 aromatic heterocycles. The number of nitrogens with one attached hydrogen (secondary N) is 3. The minimum atomic E-state index is -1.20. The molecule has 0 bridgehead atoms. The molecule has 0 saturated heterocycles. The molecule has 1 unspecified atom stereocenters. The molecule has 0 saturated carbocycles. The summed E-state index contributed by atoms with van der Waals surface area (Å²) >= 11 is 10.7. The van der Waals surface area contributed by atoms with Gasteiger partial charge in [0, 0.05) is 26.3 Å². The largest absolute Gasteiger partial charge is 0.478 e. The third kappa shape index (κ3) is 9.22. The molecule has 5 rings (SSSR count). The zero-order valence-corrected chi connectivity index (χ0v) is 28.2. The molecular weight excluding hydrogens is 714 g/mol. The molecule has 3 amide bonds. The number of halogens is 2. The van der Waals surface area contributed by atoms with Crippen molar-refractivity contribution in [2.24, 2.45) is 0 Å². The molecule has 0 aliphatic rings. The van der Waals surface area contributed by atoms with E-state index < -0.39 is 23.0 Å². The molecule has 0 radical (unpaired) electrons. The summed E-state index contributed by atoms with van der Waals surface area (Å²) in [7, 11) is 0. The lowest BCUT2D eigenvalue weighted by Gasteiger charge is -2.18. The minimum Gasteiger partial charge on any atom is -0.478 e. The summed E-state index contributed by atoms with van der Waals surface area (Å²) in [5.74, 6) is -2.51. The van der Waals surface area contributed by atoms with Gasteiger partial charge in [-0.3, -0.25) is 14.4 Å². The van der Waals surface area contributed by atoms with Crippen molar-refractivity contribution in [1.82, 2.24) is 5.32 Å². The smallest absolute Gasteiger partial charge is 0.337 e. The third-order valence-electron chi connectivity index (χ3n) is 6.88. The van der Waals surface area contributed by atoms with Crippen molar-refractivity contribution in [3.05, 3.63) is 165 Å². The van der Waals surface area contributed by atoms with Crippen LogP contribution in [0.1, 0.15) is 37.1 Å². The van der Waals surface area contributed by atoms with Crippen LogP contribution in [0.3, 0.4) is 0 Å². The maximum Gasteiger partial charge on any atom is 0.337 e. The lowest BCUT2D eigenvalue weighted by molar-refractivity contribution is -0.116. The number of thioether (sulfide) groups is 1. The average Bonchev–Trinajstić information content (AvgIpc) is 3.10. The van der Waals surface area contributed by atoms with Gasteiger partial charge in [0.15, 0.2) is 0 Å². The fraction of sp³-hybridized carbons (Fsp3) is 0.0270. The molecule has 0 aliphatic heterocycles. The Kier molecular flexibility index (Phi) is 11.5. The van der Waals surface area contributed by atoms with E-state index in [2.05, 4.69) is 31.9 Å².